The first-order chi connectivity index (χ1) is 16.6. The van der Waals surface area contributed by atoms with E-state index in [4.69, 9.17) is 37.9 Å². The van der Waals surface area contributed by atoms with Crippen LogP contribution in [0.15, 0.2) is 30.9 Å². The zero-order valence-electron chi connectivity index (χ0n) is 18.1. The van der Waals surface area contributed by atoms with Crippen molar-refractivity contribution in [3.63, 3.8) is 0 Å². The van der Waals surface area contributed by atoms with Crippen molar-refractivity contribution < 1.29 is 14.6 Å². The highest BCUT2D eigenvalue weighted by molar-refractivity contribution is 6.45. The SMILES string of the molecule is N#CCOc1cc(Cl)c(Cl)c2c1c(-c1cnn(C3CCCCO3)c1)cn2-c1cn(CCO)nn1. The van der Waals surface area contributed by atoms with E-state index in [1.54, 1.807) is 23.0 Å². The van der Waals surface area contributed by atoms with Crippen molar-refractivity contribution in [2.24, 2.45) is 0 Å². The fraction of sp³-hybridized carbons (Fsp3) is 0.364. The lowest BCUT2D eigenvalue weighted by molar-refractivity contribution is -0.0394. The third-order valence-electron chi connectivity index (χ3n) is 5.68. The summed E-state index contributed by atoms with van der Waals surface area (Å²) in [6.07, 6.45) is 10.2. The van der Waals surface area contributed by atoms with E-state index in [2.05, 4.69) is 15.4 Å². The molecule has 1 unspecified atom stereocenters. The minimum Gasteiger partial charge on any atom is -0.478 e. The van der Waals surface area contributed by atoms with Gasteiger partial charge >= 0.3 is 0 Å². The van der Waals surface area contributed by atoms with Crippen LogP contribution < -0.4 is 4.74 Å². The zero-order valence-corrected chi connectivity index (χ0v) is 19.6. The molecule has 176 valence electrons. The number of aliphatic hydroxyl groups is 1. The summed E-state index contributed by atoms with van der Waals surface area (Å²) >= 11 is 13.1. The molecule has 0 spiro atoms. The number of hydrogen-bond acceptors (Lipinski definition) is 7. The van der Waals surface area contributed by atoms with Crippen molar-refractivity contribution in [2.45, 2.75) is 32.0 Å². The van der Waals surface area contributed by atoms with Gasteiger partial charge in [0.25, 0.3) is 0 Å². The van der Waals surface area contributed by atoms with Gasteiger partial charge in [0.05, 0.1) is 46.5 Å². The standard InChI is InChI=1S/C22H21Cl2N7O3/c23-16-9-17(33-8-4-25)20-15(14-10-26-31(11-14)19-3-1-2-7-34-19)12-30(22(20)21(16)24)18-13-29(5-6-32)28-27-18/h9-13,19,32H,1-3,5-8H2. The van der Waals surface area contributed by atoms with Crippen LogP contribution in [-0.4, -0.2) is 54.3 Å². The topological polar surface area (TPSA) is 116 Å². The molecule has 12 heteroatoms. The Morgan fingerprint density at radius 3 is 2.91 bits per heavy atom. The van der Waals surface area contributed by atoms with E-state index >= 15 is 0 Å². The van der Waals surface area contributed by atoms with E-state index in [0.29, 0.717) is 40.6 Å². The minimum atomic E-state index is -0.153. The number of aromatic nitrogens is 6. The van der Waals surface area contributed by atoms with Gasteiger partial charge in [-0.15, -0.1) is 5.10 Å². The molecule has 3 aromatic heterocycles. The lowest BCUT2D eigenvalue weighted by atomic mass is 10.1. The second-order valence-corrected chi connectivity index (χ2v) is 8.63. The molecule has 1 aliphatic heterocycles. The maximum absolute atomic E-state index is 9.24. The number of hydrogen-bond donors (Lipinski definition) is 1. The van der Waals surface area contributed by atoms with Crippen LogP contribution in [0.3, 0.4) is 0 Å². The van der Waals surface area contributed by atoms with E-state index in [-0.39, 0.29) is 24.5 Å². The molecular formula is C22H21Cl2N7O3. The van der Waals surface area contributed by atoms with Gasteiger partial charge in [-0.2, -0.15) is 10.4 Å². The first kappa shape index (κ1) is 22.7. The zero-order chi connectivity index (χ0) is 23.7. The molecule has 0 aliphatic carbocycles. The highest BCUT2D eigenvalue weighted by Crippen LogP contribution is 2.44. The van der Waals surface area contributed by atoms with Crippen LogP contribution in [0.2, 0.25) is 10.0 Å². The Morgan fingerprint density at radius 1 is 1.26 bits per heavy atom. The average molecular weight is 502 g/mol. The summed E-state index contributed by atoms with van der Waals surface area (Å²) < 4.78 is 16.7. The summed E-state index contributed by atoms with van der Waals surface area (Å²) in [7, 11) is 0. The first-order valence-corrected chi connectivity index (χ1v) is 11.6. The summed E-state index contributed by atoms with van der Waals surface area (Å²) in [5.41, 5.74) is 2.16. The summed E-state index contributed by atoms with van der Waals surface area (Å²) in [6, 6.07) is 3.60. The second-order valence-electron chi connectivity index (χ2n) is 7.85. The number of halogens is 2. The summed E-state index contributed by atoms with van der Waals surface area (Å²) in [5.74, 6) is 0.909. The fourth-order valence-electron chi connectivity index (χ4n) is 4.14. The van der Waals surface area contributed by atoms with Crippen molar-refractivity contribution in [1.82, 2.24) is 29.3 Å². The number of aliphatic hydroxyl groups excluding tert-OH is 1. The molecule has 0 bridgehead atoms. The molecule has 1 N–H and O–H groups in total. The Bertz CT molecular complexity index is 1360. The smallest absolute Gasteiger partial charge is 0.179 e. The third kappa shape index (κ3) is 4.12. The van der Waals surface area contributed by atoms with E-state index < -0.39 is 0 Å². The van der Waals surface area contributed by atoms with Gasteiger partial charge in [-0.25, -0.2) is 9.36 Å². The summed E-state index contributed by atoms with van der Waals surface area (Å²) in [5, 5.41) is 32.4. The Hall–Kier alpha value is -3.10. The molecule has 34 heavy (non-hydrogen) atoms. The van der Waals surface area contributed by atoms with Gasteiger partial charge in [0, 0.05) is 36.2 Å². The summed E-state index contributed by atoms with van der Waals surface area (Å²) in [4.78, 5) is 0. The van der Waals surface area contributed by atoms with Crippen LogP contribution in [0.1, 0.15) is 25.5 Å². The number of fused-ring (bicyclic) bond motifs is 1. The van der Waals surface area contributed by atoms with Gasteiger partial charge in [-0.1, -0.05) is 28.4 Å². The number of nitriles is 1. The normalized spacial score (nSPS) is 16.1. The fourth-order valence-corrected chi connectivity index (χ4v) is 4.56. The average Bonchev–Trinajstić information content (AvgIpc) is 3.59. The maximum atomic E-state index is 9.24. The Balaban J connectivity index is 1.70. The van der Waals surface area contributed by atoms with Crippen molar-refractivity contribution in [3.8, 4) is 28.8 Å². The molecule has 1 aromatic carbocycles. The Kier molecular flexibility index (Phi) is 6.43. The summed E-state index contributed by atoms with van der Waals surface area (Å²) in [6.45, 7) is 0.794. The minimum absolute atomic E-state index is 0.0678. The van der Waals surface area contributed by atoms with E-state index in [1.807, 2.05) is 23.1 Å². The van der Waals surface area contributed by atoms with Crippen molar-refractivity contribution >= 4 is 34.1 Å². The number of nitrogens with zero attached hydrogens (tertiary/aromatic N) is 7. The largest absolute Gasteiger partial charge is 0.478 e. The molecule has 0 amide bonds. The van der Waals surface area contributed by atoms with E-state index in [9.17, 15) is 5.11 Å². The third-order valence-corrected chi connectivity index (χ3v) is 6.46. The van der Waals surface area contributed by atoms with Gasteiger partial charge in [0.2, 0.25) is 0 Å². The van der Waals surface area contributed by atoms with Crippen LogP contribution in [0, 0.1) is 11.3 Å². The van der Waals surface area contributed by atoms with Crippen molar-refractivity contribution in [3.05, 3.63) is 40.9 Å². The van der Waals surface area contributed by atoms with Gasteiger partial charge in [0.15, 0.2) is 12.4 Å². The molecular weight excluding hydrogens is 481 g/mol. The molecule has 10 nitrogen and oxygen atoms in total. The molecule has 4 heterocycles. The monoisotopic (exact) mass is 501 g/mol. The Morgan fingerprint density at radius 2 is 2.15 bits per heavy atom. The molecule has 5 rings (SSSR count). The van der Waals surface area contributed by atoms with Crippen LogP contribution in [0.25, 0.3) is 27.8 Å². The van der Waals surface area contributed by atoms with Gasteiger partial charge < -0.3 is 14.6 Å². The molecule has 4 aromatic rings. The molecule has 1 fully saturated rings. The van der Waals surface area contributed by atoms with Crippen LogP contribution in [0.5, 0.6) is 5.75 Å². The number of ether oxygens (including phenoxy) is 2. The van der Waals surface area contributed by atoms with Crippen LogP contribution >= 0.6 is 23.2 Å². The van der Waals surface area contributed by atoms with Crippen molar-refractivity contribution in [2.75, 3.05) is 19.8 Å². The van der Waals surface area contributed by atoms with Gasteiger partial charge in [-0.3, -0.25) is 4.57 Å². The number of rotatable bonds is 7. The second kappa shape index (κ2) is 9.64. The quantitative estimate of drug-likeness (QED) is 0.406. The van der Waals surface area contributed by atoms with Crippen LogP contribution in [-0.2, 0) is 11.3 Å². The molecule has 1 atom stereocenters. The van der Waals surface area contributed by atoms with Gasteiger partial charge in [0.1, 0.15) is 18.0 Å². The molecule has 0 saturated carbocycles. The van der Waals surface area contributed by atoms with Gasteiger partial charge in [-0.05, 0) is 19.3 Å². The lowest BCUT2D eigenvalue weighted by Gasteiger charge is -2.22. The highest BCUT2D eigenvalue weighted by atomic mass is 35.5. The number of benzene rings is 1. The lowest BCUT2D eigenvalue weighted by Crippen LogP contribution is -2.18. The van der Waals surface area contributed by atoms with Crippen LogP contribution in [0.4, 0.5) is 0 Å². The molecule has 1 aliphatic rings. The highest BCUT2D eigenvalue weighted by Gasteiger charge is 2.24. The first-order valence-electron chi connectivity index (χ1n) is 10.8. The van der Waals surface area contributed by atoms with E-state index in [1.165, 1.54) is 4.68 Å². The molecule has 0 radical (unpaired) electrons. The predicted molar refractivity (Wildman–Crippen MR) is 125 cm³/mol. The Labute approximate surface area is 204 Å². The van der Waals surface area contributed by atoms with E-state index in [0.717, 1.165) is 30.4 Å². The van der Waals surface area contributed by atoms with Crippen molar-refractivity contribution in [1.29, 1.82) is 5.26 Å². The predicted octanol–water partition coefficient (Wildman–Crippen LogP) is 3.99. The maximum Gasteiger partial charge on any atom is 0.179 e. The molecule has 1 saturated heterocycles.